The van der Waals surface area contributed by atoms with Gasteiger partial charge in [-0.1, -0.05) is 0 Å². The Hall–Kier alpha value is -0.290. The molecule has 0 aromatic rings. The minimum absolute atomic E-state index is 0.225. The first-order chi connectivity index (χ1) is 4.87. The minimum Gasteiger partial charge on any atom is -0.329 e. The summed E-state index contributed by atoms with van der Waals surface area (Å²) < 4.78 is 35.2. The lowest BCUT2D eigenvalue weighted by atomic mass is 10.3. The summed E-state index contributed by atoms with van der Waals surface area (Å²) in [5, 5.41) is 0. The van der Waals surface area contributed by atoms with Crippen molar-refractivity contribution < 1.29 is 13.2 Å². The number of hydrogen-bond acceptors (Lipinski definition) is 2. The first kappa shape index (κ1) is 10.7. The van der Waals surface area contributed by atoms with Crippen LogP contribution < -0.4 is 5.73 Å². The van der Waals surface area contributed by atoms with E-state index < -0.39 is 12.7 Å². The number of hydrogen-bond donors (Lipinski definition) is 1. The highest BCUT2D eigenvalue weighted by molar-refractivity contribution is 4.66. The zero-order chi connectivity index (χ0) is 9.07. The van der Waals surface area contributed by atoms with E-state index in [9.17, 15) is 13.2 Å². The van der Waals surface area contributed by atoms with Crippen molar-refractivity contribution in [3.63, 3.8) is 0 Å². The fourth-order valence-corrected chi connectivity index (χ4v) is 0.619. The van der Waals surface area contributed by atoms with Gasteiger partial charge in [-0.2, -0.15) is 13.2 Å². The molecule has 11 heavy (non-hydrogen) atoms. The van der Waals surface area contributed by atoms with Gasteiger partial charge in [0.25, 0.3) is 0 Å². The third kappa shape index (κ3) is 5.03. The third-order valence-electron chi connectivity index (χ3n) is 1.52. The van der Waals surface area contributed by atoms with Crippen LogP contribution >= 0.6 is 0 Å². The highest BCUT2D eigenvalue weighted by atomic mass is 19.4. The van der Waals surface area contributed by atoms with Gasteiger partial charge in [-0.25, -0.2) is 0 Å². The van der Waals surface area contributed by atoms with E-state index in [1.165, 1.54) is 11.9 Å². The summed E-state index contributed by atoms with van der Waals surface area (Å²) in [5.74, 6) is 0. The zero-order valence-electron chi connectivity index (χ0n) is 6.65. The van der Waals surface area contributed by atoms with Crippen molar-refractivity contribution in [1.82, 2.24) is 4.90 Å². The topological polar surface area (TPSA) is 29.3 Å². The van der Waals surface area contributed by atoms with E-state index in [0.29, 0.717) is 0 Å². The molecule has 2 nitrogen and oxygen atoms in total. The van der Waals surface area contributed by atoms with Gasteiger partial charge in [0.1, 0.15) is 0 Å². The standard InChI is InChI=1S/C6H13F3N2/c1-5(3-10)11(2)4-6(7,8)9/h5H,3-4,10H2,1-2H3/t5-/m1/s1. The largest absolute Gasteiger partial charge is 0.401 e. The van der Waals surface area contributed by atoms with E-state index in [2.05, 4.69) is 0 Å². The average molecular weight is 170 g/mol. The summed E-state index contributed by atoms with van der Waals surface area (Å²) >= 11 is 0. The van der Waals surface area contributed by atoms with Gasteiger partial charge in [0.15, 0.2) is 0 Å². The normalized spacial score (nSPS) is 15.5. The number of nitrogens with zero attached hydrogens (tertiary/aromatic N) is 1. The number of alkyl halides is 3. The molecule has 0 amide bonds. The number of rotatable bonds is 3. The van der Waals surface area contributed by atoms with Crippen LogP contribution in [0.25, 0.3) is 0 Å². The number of likely N-dealkylation sites (N-methyl/N-ethyl adjacent to an activating group) is 1. The second-order valence-electron chi connectivity index (χ2n) is 2.62. The zero-order valence-corrected chi connectivity index (χ0v) is 6.65. The maximum atomic E-state index is 11.7. The molecule has 68 valence electrons. The van der Waals surface area contributed by atoms with Crippen LogP contribution in [0.2, 0.25) is 0 Å². The molecule has 0 radical (unpaired) electrons. The van der Waals surface area contributed by atoms with Gasteiger partial charge in [0, 0.05) is 12.6 Å². The maximum absolute atomic E-state index is 11.7. The van der Waals surface area contributed by atoms with Gasteiger partial charge < -0.3 is 5.73 Å². The molecular weight excluding hydrogens is 157 g/mol. The molecule has 0 rings (SSSR count). The number of halogens is 3. The smallest absolute Gasteiger partial charge is 0.329 e. The van der Waals surface area contributed by atoms with E-state index in [0.717, 1.165) is 0 Å². The van der Waals surface area contributed by atoms with Crippen LogP contribution in [0.5, 0.6) is 0 Å². The Morgan fingerprint density at radius 2 is 1.91 bits per heavy atom. The van der Waals surface area contributed by atoms with Crippen molar-refractivity contribution in [3.05, 3.63) is 0 Å². The van der Waals surface area contributed by atoms with Gasteiger partial charge in [-0.05, 0) is 14.0 Å². The summed E-state index contributed by atoms with van der Waals surface area (Å²) in [6, 6.07) is -0.225. The van der Waals surface area contributed by atoms with Crippen LogP contribution in [0.1, 0.15) is 6.92 Å². The molecule has 2 N–H and O–H groups in total. The van der Waals surface area contributed by atoms with Gasteiger partial charge in [0.2, 0.25) is 0 Å². The predicted molar refractivity (Wildman–Crippen MR) is 37.2 cm³/mol. The van der Waals surface area contributed by atoms with Gasteiger partial charge >= 0.3 is 6.18 Å². The van der Waals surface area contributed by atoms with E-state index in [1.807, 2.05) is 0 Å². The predicted octanol–water partition coefficient (Wildman–Crippen LogP) is 0.828. The minimum atomic E-state index is -4.13. The molecule has 0 heterocycles. The molecular formula is C6H13F3N2. The molecule has 5 heteroatoms. The molecule has 0 aromatic heterocycles. The Labute approximate surface area is 64.2 Å². The Bertz CT molecular complexity index is 113. The fourth-order valence-electron chi connectivity index (χ4n) is 0.619. The van der Waals surface area contributed by atoms with Crippen molar-refractivity contribution in [2.45, 2.75) is 19.1 Å². The van der Waals surface area contributed by atoms with Crippen molar-refractivity contribution in [2.75, 3.05) is 20.1 Å². The van der Waals surface area contributed by atoms with Gasteiger partial charge in [-0.15, -0.1) is 0 Å². The second kappa shape index (κ2) is 3.92. The van der Waals surface area contributed by atoms with Crippen LogP contribution in [0, 0.1) is 0 Å². The Balaban J connectivity index is 3.77. The van der Waals surface area contributed by atoms with Crippen molar-refractivity contribution in [2.24, 2.45) is 5.73 Å². The molecule has 0 aromatic carbocycles. The summed E-state index contributed by atoms with van der Waals surface area (Å²) in [7, 11) is 1.41. The highest BCUT2D eigenvalue weighted by Crippen LogP contribution is 2.16. The van der Waals surface area contributed by atoms with Crippen molar-refractivity contribution in [3.8, 4) is 0 Å². The van der Waals surface area contributed by atoms with E-state index >= 15 is 0 Å². The van der Waals surface area contributed by atoms with E-state index in [4.69, 9.17) is 5.73 Å². The summed E-state index contributed by atoms with van der Waals surface area (Å²) in [5.41, 5.74) is 5.18. The Morgan fingerprint density at radius 1 is 1.45 bits per heavy atom. The molecule has 0 unspecified atom stereocenters. The van der Waals surface area contributed by atoms with E-state index in [-0.39, 0.29) is 12.6 Å². The van der Waals surface area contributed by atoms with Crippen LogP contribution in [0.15, 0.2) is 0 Å². The Morgan fingerprint density at radius 3 is 2.18 bits per heavy atom. The fraction of sp³-hybridized carbons (Fsp3) is 1.00. The lowest BCUT2D eigenvalue weighted by Crippen LogP contribution is -2.41. The SMILES string of the molecule is C[C@H](CN)N(C)CC(F)(F)F. The lowest BCUT2D eigenvalue weighted by Gasteiger charge is -2.24. The number of nitrogens with two attached hydrogens (primary N) is 1. The first-order valence-corrected chi connectivity index (χ1v) is 3.34. The molecule has 0 fully saturated rings. The van der Waals surface area contributed by atoms with Crippen molar-refractivity contribution >= 4 is 0 Å². The molecule has 0 spiro atoms. The quantitative estimate of drug-likeness (QED) is 0.679. The summed E-state index contributed by atoms with van der Waals surface area (Å²) in [6.45, 7) is 1.00. The summed E-state index contributed by atoms with van der Waals surface area (Å²) in [6.07, 6.45) is -4.13. The van der Waals surface area contributed by atoms with Crippen LogP contribution in [-0.4, -0.2) is 37.3 Å². The van der Waals surface area contributed by atoms with Crippen molar-refractivity contribution in [1.29, 1.82) is 0 Å². The third-order valence-corrected chi connectivity index (χ3v) is 1.52. The van der Waals surface area contributed by atoms with Gasteiger partial charge in [-0.3, -0.25) is 4.90 Å². The van der Waals surface area contributed by atoms with Crippen LogP contribution in [0.3, 0.4) is 0 Å². The molecule has 0 aliphatic carbocycles. The monoisotopic (exact) mass is 170 g/mol. The molecule has 0 bridgehead atoms. The average Bonchev–Trinajstić information content (AvgIpc) is 1.82. The van der Waals surface area contributed by atoms with Crippen LogP contribution in [-0.2, 0) is 0 Å². The molecule has 0 aliphatic rings. The molecule has 0 aliphatic heterocycles. The highest BCUT2D eigenvalue weighted by Gasteiger charge is 2.30. The molecule has 0 saturated carbocycles. The summed E-state index contributed by atoms with van der Waals surface area (Å²) in [4.78, 5) is 1.18. The van der Waals surface area contributed by atoms with E-state index in [1.54, 1.807) is 6.92 Å². The lowest BCUT2D eigenvalue weighted by molar-refractivity contribution is -0.146. The van der Waals surface area contributed by atoms with Gasteiger partial charge in [0.05, 0.1) is 6.54 Å². The molecule has 1 atom stereocenters. The molecule has 0 saturated heterocycles. The maximum Gasteiger partial charge on any atom is 0.401 e. The van der Waals surface area contributed by atoms with Crippen LogP contribution in [0.4, 0.5) is 13.2 Å². The second-order valence-corrected chi connectivity index (χ2v) is 2.62. The Kier molecular flexibility index (Phi) is 3.82. The first-order valence-electron chi connectivity index (χ1n) is 3.34.